The van der Waals surface area contributed by atoms with E-state index in [1.54, 1.807) is 18.2 Å². The second-order valence-corrected chi connectivity index (χ2v) is 4.39. The predicted molar refractivity (Wildman–Crippen MR) is 71.1 cm³/mol. The number of benzene rings is 2. The Morgan fingerprint density at radius 3 is 2.37 bits per heavy atom. The number of hydrogen-bond acceptors (Lipinski definition) is 3. The third kappa shape index (κ3) is 3.30. The maximum absolute atomic E-state index is 11.0. The molecule has 2 aromatic rings. The monoisotopic (exact) mass is 298 g/mol. The van der Waals surface area contributed by atoms with E-state index < -0.39 is 5.97 Å². The van der Waals surface area contributed by atoms with E-state index in [0.29, 0.717) is 5.02 Å². The van der Waals surface area contributed by atoms with Gasteiger partial charge < -0.3 is 5.11 Å². The third-order valence-electron chi connectivity index (χ3n) is 2.23. The zero-order valence-corrected chi connectivity index (χ0v) is 11.0. The summed E-state index contributed by atoms with van der Waals surface area (Å²) in [5.41, 5.74) is -0.00686. The van der Waals surface area contributed by atoms with Crippen molar-refractivity contribution in [1.29, 1.82) is 0 Å². The molecule has 2 rings (SSSR count). The van der Waals surface area contributed by atoms with Gasteiger partial charge >= 0.3 is 5.97 Å². The summed E-state index contributed by atoms with van der Waals surface area (Å²) < 4.78 is 0. The van der Waals surface area contributed by atoms with Crippen molar-refractivity contribution in [3.05, 3.63) is 58.1 Å². The van der Waals surface area contributed by atoms with Crippen LogP contribution in [0.1, 0.15) is 10.4 Å². The van der Waals surface area contributed by atoms with Gasteiger partial charge in [0.2, 0.25) is 0 Å². The van der Waals surface area contributed by atoms with E-state index in [2.05, 4.69) is 0 Å². The molecule has 0 fully saturated rings. The second-order valence-electron chi connectivity index (χ2n) is 3.54. The van der Waals surface area contributed by atoms with Crippen LogP contribution >= 0.6 is 23.2 Å². The van der Waals surface area contributed by atoms with Gasteiger partial charge in [0.05, 0.1) is 5.02 Å². The molecular weight excluding hydrogens is 291 g/mol. The summed E-state index contributed by atoms with van der Waals surface area (Å²) in [7, 11) is 0. The minimum Gasteiger partial charge on any atom is -0.478 e. The highest BCUT2D eigenvalue weighted by Crippen LogP contribution is 2.28. The minimum absolute atomic E-state index is 0.00686. The molecule has 0 atom stereocenters. The van der Waals surface area contributed by atoms with Gasteiger partial charge in [0.15, 0.2) is 11.5 Å². The summed E-state index contributed by atoms with van der Waals surface area (Å²) in [5, 5.41) is 9.70. The zero-order chi connectivity index (χ0) is 13.8. The van der Waals surface area contributed by atoms with E-state index in [-0.39, 0.29) is 22.1 Å². The highest BCUT2D eigenvalue weighted by atomic mass is 35.5. The summed E-state index contributed by atoms with van der Waals surface area (Å²) in [4.78, 5) is 21.0. The quantitative estimate of drug-likeness (QED) is 0.683. The Morgan fingerprint density at radius 1 is 1.00 bits per heavy atom. The Labute approximate surface area is 119 Å². The molecule has 0 heterocycles. The van der Waals surface area contributed by atoms with Crippen molar-refractivity contribution in [2.24, 2.45) is 0 Å². The number of para-hydroxylation sites is 1. The number of carboxylic acids is 1. The molecule has 0 saturated carbocycles. The van der Waals surface area contributed by atoms with E-state index in [4.69, 9.17) is 38.1 Å². The largest absolute Gasteiger partial charge is 0.478 e. The van der Waals surface area contributed by atoms with Crippen molar-refractivity contribution < 1.29 is 19.7 Å². The van der Waals surface area contributed by atoms with Crippen LogP contribution < -0.4 is 9.78 Å². The maximum atomic E-state index is 11.0. The van der Waals surface area contributed by atoms with Gasteiger partial charge in [-0.1, -0.05) is 35.3 Å². The SMILES string of the molecule is O=C(O)c1ccccc1OOc1ccc(Cl)cc1Cl. The summed E-state index contributed by atoms with van der Waals surface area (Å²) in [6.07, 6.45) is 0. The molecule has 0 aliphatic carbocycles. The molecular formula is C13H8Cl2O4. The highest BCUT2D eigenvalue weighted by molar-refractivity contribution is 6.35. The van der Waals surface area contributed by atoms with Crippen LogP contribution in [0.4, 0.5) is 0 Å². The van der Waals surface area contributed by atoms with Gasteiger partial charge in [0.1, 0.15) is 5.56 Å². The number of rotatable bonds is 4. The Bertz CT molecular complexity index is 613. The van der Waals surface area contributed by atoms with Crippen molar-refractivity contribution >= 4 is 29.2 Å². The predicted octanol–water partition coefficient (Wildman–Crippen LogP) is 4.06. The van der Waals surface area contributed by atoms with E-state index in [9.17, 15) is 4.79 Å². The molecule has 0 spiro atoms. The summed E-state index contributed by atoms with van der Waals surface area (Å²) >= 11 is 11.6. The third-order valence-corrected chi connectivity index (χ3v) is 2.76. The molecule has 0 bridgehead atoms. The lowest BCUT2D eigenvalue weighted by Gasteiger charge is -2.09. The summed E-state index contributed by atoms with van der Waals surface area (Å²) in [5.74, 6) is -0.784. The molecule has 6 heteroatoms. The first-order chi connectivity index (χ1) is 9.08. The van der Waals surface area contributed by atoms with Gasteiger partial charge in [-0.05, 0) is 30.3 Å². The van der Waals surface area contributed by atoms with Crippen LogP contribution in [0.15, 0.2) is 42.5 Å². The Kier molecular flexibility index (Phi) is 4.14. The minimum atomic E-state index is -1.11. The number of carboxylic acid groups (broad SMARTS) is 1. The molecule has 0 aliphatic heterocycles. The average molecular weight is 299 g/mol. The van der Waals surface area contributed by atoms with Crippen molar-refractivity contribution in [3.8, 4) is 11.5 Å². The summed E-state index contributed by atoms with van der Waals surface area (Å²) in [6.45, 7) is 0. The van der Waals surface area contributed by atoms with Crippen molar-refractivity contribution in [1.82, 2.24) is 0 Å². The van der Waals surface area contributed by atoms with E-state index in [1.165, 1.54) is 24.3 Å². The molecule has 0 aromatic heterocycles. The van der Waals surface area contributed by atoms with Crippen LogP contribution in [0.2, 0.25) is 10.0 Å². The lowest BCUT2D eigenvalue weighted by Crippen LogP contribution is -2.06. The molecule has 0 unspecified atom stereocenters. The Balaban J connectivity index is 2.17. The first-order valence-electron chi connectivity index (χ1n) is 5.20. The maximum Gasteiger partial charge on any atom is 0.339 e. The molecule has 2 aromatic carbocycles. The molecule has 0 amide bonds. The van der Waals surface area contributed by atoms with Crippen LogP contribution in [0.3, 0.4) is 0 Å². The van der Waals surface area contributed by atoms with Crippen LogP contribution in [0, 0.1) is 0 Å². The standard InChI is InChI=1S/C13H8Cl2O4/c14-8-5-6-12(10(15)7-8)19-18-11-4-2-1-3-9(11)13(16)17/h1-7H,(H,16,17). The van der Waals surface area contributed by atoms with Crippen LogP contribution in [0.5, 0.6) is 11.5 Å². The van der Waals surface area contributed by atoms with E-state index >= 15 is 0 Å². The Hall–Kier alpha value is -1.91. The highest BCUT2D eigenvalue weighted by Gasteiger charge is 2.12. The molecule has 19 heavy (non-hydrogen) atoms. The van der Waals surface area contributed by atoms with E-state index in [1.807, 2.05) is 0 Å². The van der Waals surface area contributed by atoms with Crippen molar-refractivity contribution in [3.63, 3.8) is 0 Å². The first-order valence-corrected chi connectivity index (χ1v) is 5.95. The summed E-state index contributed by atoms with van der Waals surface area (Å²) in [6, 6.07) is 10.7. The van der Waals surface area contributed by atoms with Crippen molar-refractivity contribution in [2.45, 2.75) is 0 Å². The molecule has 4 nitrogen and oxygen atoms in total. The molecule has 98 valence electrons. The van der Waals surface area contributed by atoms with Gasteiger partial charge in [-0.3, -0.25) is 9.78 Å². The topological polar surface area (TPSA) is 55.8 Å². The molecule has 0 aliphatic rings. The van der Waals surface area contributed by atoms with Crippen molar-refractivity contribution in [2.75, 3.05) is 0 Å². The fourth-order valence-electron chi connectivity index (χ4n) is 1.35. The lowest BCUT2D eigenvalue weighted by molar-refractivity contribution is -0.100. The van der Waals surface area contributed by atoms with Gasteiger partial charge in [-0.15, -0.1) is 0 Å². The normalized spacial score (nSPS) is 10.0. The molecule has 1 N–H and O–H groups in total. The average Bonchev–Trinajstić information content (AvgIpc) is 2.38. The zero-order valence-electron chi connectivity index (χ0n) is 9.47. The van der Waals surface area contributed by atoms with Crippen LogP contribution in [-0.2, 0) is 0 Å². The van der Waals surface area contributed by atoms with E-state index in [0.717, 1.165) is 0 Å². The molecule has 0 radical (unpaired) electrons. The number of halogens is 2. The van der Waals surface area contributed by atoms with Crippen LogP contribution in [0.25, 0.3) is 0 Å². The fourth-order valence-corrected chi connectivity index (χ4v) is 1.79. The number of aromatic carboxylic acids is 1. The van der Waals surface area contributed by atoms with Gasteiger partial charge in [-0.2, -0.15) is 0 Å². The smallest absolute Gasteiger partial charge is 0.339 e. The van der Waals surface area contributed by atoms with Gasteiger partial charge in [-0.25, -0.2) is 4.79 Å². The molecule has 0 saturated heterocycles. The van der Waals surface area contributed by atoms with Gasteiger partial charge in [0, 0.05) is 5.02 Å². The Morgan fingerprint density at radius 2 is 1.68 bits per heavy atom. The lowest BCUT2D eigenvalue weighted by atomic mass is 10.2. The van der Waals surface area contributed by atoms with Gasteiger partial charge in [0.25, 0.3) is 0 Å². The first kappa shape index (κ1) is 13.5. The fraction of sp³-hybridized carbons (Fsp3) is 0. The van der Waals surface area contributed by atoms with Crippen LogP contribution in [-0.4, -0.2) is 11.1 Å². The number of carbonyl (C=O) groups is 1. The number of hydrogen-bond donors (Lipinski definition) is 1. The second kappa shape index (κ2) is 5.82.